The third-order valence-electron chi connectivity index (χ3n) is 5.17. The summed E-state index contributed by atoms with van der Waals surface area (Å²) in [5.74, 6) is 0.624. The van der Waals surface area contributed by atoms with E-state index >= 15 is 0 Å². The summed E-state index contributed by atoms with van der Waals surface area (Å²) >= 11 is 6.25. The molecular weight excluding hydrogens is 388 g/mol. The van der Waals surface area contributed by atoms with Gasteiger partial charge in [-0.25, -0.2) is 0 Å². The fraction of sp³-hybridized carbons (Fsp3) is 0.261. The first kappa shape index (κ1) is 19.7. The minimum Gasteiger partial charge on any atom is -0.451 e. The van der Waals surface area contributed by atoms with Crippen LogP contribution in [0.5, 0.6) is 0 Å². The van der Waals surface area contributed by atoms with Gasteiger partial charge < -0.3 is 19.4 Å². The molecule has 5 nitrogen and oxygen atoms in total. The quantitative estimate of drug-likeness (QED) is 0.655. The molecule has 1 fully saturated rings. The molecule has 29 heavy (non-hydrogen) atoms. The van der Waals surface area contributed by atoms with Crippen molar-refractivity contribution in [2.75, 3.05) is 32.8 Å². The molecule has 0 bridgehead atoms. The predicted molar refractivity (Wildman–Crippen MR) is 112 cm³/mol. The van der Waals surface area contributed by atoms with E-state index in [4.69, 9.17) is 20.8 Å². The second-order valence-corrected chi connectivity index (χ2v) is 7.55. The third kappa shape index (κ3) is 4.88. The highest BCUT2D eigenvalue weighted by molar-refractivity contribution is 6.33. The highest BCUT2D eigenvalue weighted by Crippen LogP contribution is 2.29. The Kier molecular flexibility index (Phi) is 6.30. The van der Waals surface area contributed by atoms with Gasteiger partial charge in [0.1, 0.15) is 31.4 Å². The van der Waals surface area contributed by atoms with Gasteiger partial charge in [0, 0.05) is 5.56 Å². The number of hydrogen-bond donors (Lipinski definition) is 2. The van der Waals surface area contributed by atoms with Gasteiger partial charge in [0.2, 0.25) is 0 Å². The van der Waals surface area contributed by atoms with Crippen LogP contribution in [0.4, 0.5) is 0 Å². The van der Waals surface area contributed by atoms with Crippen LogP contribution in [0.15, 0.2) is 71.1 Å². The van der Waals surface area contributed by atoms with Crippen molar-refractivity contribution in [2.45, 2.75) is 6.04 Å². The summed E-state index contributed by atoms with van der Waals surface area (Å²) in [6.45, 7) is 4.19. The lowest BCUT2D eigenvalue weighted by atomic mass is 10.1. The van der Waals surface area contributed by atoms with Crippen molar-refractivity contribution in [3.05, 3.63) is 83.1 Å². The van der Waals surface area contributed by atoms with Gasteiger partial charge in [-0.15, -0.1) is 0 Å². The van der Waals surface area contributed by atoms with E-state index in [0.29, 0.717) is 10.8 Å². The molecule has 1 aliphatic heterocycles. The normalized spacial score (nSPS) is 15.8. The molecule has 1 aromatic heterocycles. The molecule has 2 N–H and O–H groups in total. The highest BCUT2D eigenvalue weighted by atomic mass is 35.5. The van der Waals surface area contributed by atoms with E-state index in [-0.39, 0.29) is 17.7 Å². The van der Waals surface area contributed by atoms with Crippen LogP contribution in [-0.2, 0) is 4.74 Å². The lowest BCUT2D eigenvalue weighted by molar-refractivity contribution is -0.909. The van der Waals surface area contributed by atoms with Crippen molar-refractivity contribution < 1.29 is 18.8 Å². The van der Waals surface area contributed by atoms with Crippen LogP contribution in [0.1, 0.15) is 22.2 Å². The Bertz CT molecular complexity index is 952. The van der Waals surface area contributed by atoms with Gasteiger partial charge in [0.05, 0.1) is 18.2 Å². The molecule has 0 aliphatic carbocycles. The topological polar surface area (TPSA) is 55.9 Å². The molecule has 0 radical (unpaired) electrons. The molecule has 1 saturated heterocycles. The minimum atomic E-state index is -0.232. The zero-order valence-corrected chi connectivity index (χ0v) is 16.8. The fourth-order valence-electron chi connectivity index (χ4n) is 3.59. The molecule has 6 heteroatoms. The molecule has 1 amide bonds. The number of morpholine rings is 1. The van der Waals surface area contributed by atoms with Crippen molar-refractivity contribution in [3.63, 3.8) is 0 Å². The first-order valence-electron chi connectivity index (χ1n) is 9.82. The lowest BCUT2D eigenvalue weighted by Crippen LogP contribution is -3.14. The van der Waals surface area contributed by atoms with Crippen molar-refractivity contribution in [3.8, 4) is 11.3 Å². The predicted octanol–water partition coefficient (Wildman–Crippen LogP) is 2.99. The number of carbonyl (C=O) groups is 1. The van der Waals surface area contributed by atoms with Gasteiger partial charge >= 0.3 is 0 Å². The molecule has 2 heterocycles. The smallest absolute Gasteiger partial charge is 0.287 e. The molecule has 3 aromatic rings. The summed E-state index contributed by atoms with van der Waals surface area (Å²) in [5.41, 5.74) is 1.85. The van der Waals surface area contributed by atoms with E-state index in [1.165, 1.54) is 4.90 Å². The monoisotopic (exact) mass is 411 g/mol. The molecule has 4 rings (SSSR count). The third-order valence-corrected chi connectivity index (χ3v) is 5.50. The van der Waals surface area contributed by atoms with Gasteiger partial charge in [-0.2, -0.15) is 0 Å². The van der Waals surface area contributed by atoms with Gasteiger partial charge in [-0.3, -0.25) is 4.79 Å². The Labute approximate surface area is 175 Å². The Balaban J connectivity index is 1.51. The second kappa shape index (κ2) is 9.27. The van der Waals surface area contributed by atoms with Crippen LogP contribution in [-0.4, -0.2) is 38.8 Å². The van der Waals surface area contributed by atoms with Crippen molar-refractivity contribution in [1.82, 2.24) is 5.32 Å². The number of hydrogen-bond acceptors (Lipinski definition) is 3. The first-order valence-corrected chi connectivity index (χ1v) is 10.2. The Hall–Kier alpha value is -2.60. The number of halogens is 1. The van der Waals surface area contributed by atoms with Crippen LogP contribution < -0.4 is 10.2 Å². The largest absolute Gasteiger partial charge is 0.451 e. The first-order chi connectivity index (χ1) is 14.2. The summed E-state index contributed by atoms with van der Waals surface area (Å²) in [7, 11) is 0. The van der Waals surface area contributed by atoms with Crippen LogP contribution in [0, 0.1) is 0 Å². The summed E-state index contributed by atoms with van der Waals surface area (Å²) in [6.07, 6.45) is 0. The molecule has 150 valence electrons. The lowest BCUT2D eigenvalue weighted by Gasteiger charge is -2.28. The molecule has 0 saturated carbocycles. The maximum Gasteiger partial charge on any atom is 0.287 e. The number of quaternary nitrogens is 1. The van der Waals surface area contributed by atoms with Gasteiger partial charge in [0.25, 0.3) is 5.91 Å². The average Bonchev–Trinajstić information content (AvgIpc) is 3.25. The maximum atomic E-state index is 12.9. The molecule has 0 spiro atoms. The number of benzene rings is 2. The van der Waals surface area contributed by atoms with Crippen LogP contribution in [0.25, 0.3) is 11.3 Å². The molecular formula is C23H24ClN2O3+. The summed E-state index contributed by atoms with van der Waals surface area (Å²) in [5, 5.41) is 3.74. The maximum absolute atomic E-state index is 12.9. The van der Waals surface area contributed by atoms with E-state index in [0.717, 1.165) is 44.0 Å². The zero-order chi connectivity index (χ0) is 20.1. The molecule has 0 unspecified atom stereocenters. The standard InChI is InChI=1S/C23H23ClN2O3/c24-19-9-5-4-8-18(19)21-10-11-22(29-21)23(27)25-20(17-6-2-1-3-7-17)16-26-12-14-28-15-13-26/h1-11,20H,12-16H2,(H,25,27)/p+1/t20-/m0/s1. The van der Waals surface area contributed by atoms with E-state index in [1.54, 1.807) is 18.2 Å². The number of nitrogens with one attached hydrogen (secondary N) is 2. The second-order valence-electron chi connectivity index (χ2n) is 7.15. The van der Waals surface area contributed by atoms with Crippen LogP contribution >= 0.6 is 11.6 Å². The summed E-state index contributed by atoms with van der Waals surface area (Å²) in [4.78, 5) is 14.3. The minimum absolute atomic E-state index is 0.106. The Morgan fingerprint density at radius 1 is 1.00 bits per heavy atom. The Morgan fingerprint density at radius 3 is 2.48 bits per heavy atom. The summed E-state index contributed by atoms with van der Waals surface area (Å²) in [6, 6.07) is 20.8. The number of amides is 1. The van der Waals surface area contributed by atoms with Crippen molar-refractivity contribution in [1.29, 1.82) is 0 Å². The van der Waals surface area contributed by atoms with E-state index in [9.17, 15) is 4.79 Å². The zero-order valence-electron chi connectivity index (χ0n) is 16.1. The summed E-state index contributed by atoms with van der Waals surface area (Å²) < 4.78 is 11.3. The number of ether oxygens (including phenoxy) is 1. The van der Waals surface area contributed by atoms with Crippen molar-refractivity contribution >= 4 is 17.5 Å². The van der Waals surface area contributed by atoms with E-state index < -0.39 is 0 Å². The molecule has 2 aromatic carbocycles. The van der Waals surface area contributed by atoms with Gasteiger partial charge in [-0.1, -0.05) is 54.1 Å². The van der Waals surface area contributed by atoms with Crippen molar-refractivity contribution in [2.24, 2.45) is 0 Å². The van der Waals surface area contributed by atoms with Crippen LogP contribution in [0.3, 0.4) is 0 Å². The van der Waals surface area contributed by atoms with E-state index in [2.05, 4.69) is 5.32 Å². The molecule has 1 atom stereocenters. The van der Waals surface area contributed by atoms with E-state index in [1.807, 2.05) is 48.5 Å². The Morgan fingerprint density at radius 2 is 1.72 bits per heavy atom. The van der Waals surface area contributed by atoms with Gasteiger partial charge in [-0.05, 0) is 29.8 Å². The SMILES string of the molecule is O=C(N[C@@H](C[NH+]1CCOCC1)c1ccccc1)c1ccc(-c2ccccc2Cl)o1. The fourth-order valence-corrected chi connectivity index (χ4v) is 3.81. The molecule has 1 aliphatic rings. The van der Waals surface area contributed by atoms with Crippen LogP contribution in [0.2, 0.25) is 5.02 Å². The number of carbonyl (C=O) groups excluding carboxylic acids is 1. The average molecular weight is 412 g/mol. The number of furan rings is 1. The number of rotatable bonds is 6. The van der Waals surface area contributed by atoms with Gasteiger partial charge in [0.15, 0.2) is 5.76 Å². The highest BCUT2D eigenvalue weighted by Gasteiger charge is 2.24.